The minimum Gasteiger partial charge on any atom is -0.438 e. The molecular weight excluding hydrogens is 468 g/mol. The number of hydrogen-bond donors (Lipinski definition) is 2. The zero-order valence-electron chi connectivity index (χ0n) is 16.1. The first-order valence-corrected chi connectivity index (χ1v) is 11.2. The van der Waals surface area contributed by atoms with Gasteiger partial charge >= 0.3 is 0 Å². The maximum Gasteiger partial charge on any atom is 0.249 e. The molecule has 2 heterocycles. The van der Waals surface area contributed by atoms with Crippen LogP contribution in [0.4, 0.5) is 17.3 Å². The molecular formula is C22H20BrClN4O2. The Morgan fingerprint density at radius 3 is 2.73 bits per heavy atom. The normalized spacial score (nSPS) is 14.9. The van der Waals surface area contributed by atoms with Crippen LogP contribution in [0.2, 0.25) is 5.02 Å². The molecule has 5 rings (SSSR count). The van der Waals surface area contributed by atoms with Crippen molar-refractivity contribution in [3.63, 3.8) is 0 Å². The topological polar surface area (TPSA) is 76.1 Å². The lowest BCUT2D eigenvalue weighted by Gasteiger charge is -2.23. The van der Waals surface area contributed by atoms with Gasteiger partial charge in [0.15, 0.2) is 0 Å². The van der Waals surface area contributed by atoms with Gasteiger partial charge in [0.2, 0.25) is 18.2 Å². The summed E-state index contributed by atoms with van der Waals surface area (Å²) in [5, 5.41) is 16.6. The summed E-state index contributed by atoms with van der Waals surface area (Å²) in [6.45, 7) is 0. The number of halogens is 2. The van der Waals surface area contributed by atoms with E-state index in [2.05, 4.69) is 42.8 Å². The Morgan fingerprint density at radius 1 is 1.07 bits per heavy atom. The quantitative estimate of drug-likeness (QED) is 0.306. The van der Waals surface area contributed by atoms with Crippen LogP contribution in [0.15, 0.2) is 56.1 Å². The number of hydrogen-bond acceptors (Lipinski definition) is 6. The molecule has 0 spiro atoms. The molecule has 154 valence electrons. The molecule has 0 amide bonds. The van der Waals surface area contributed by atoms with E-state index in [4.69, 9.17) is 20.4 Å². The van der Waals surface area contributed by atoms with Crippen molar-refractivity contribution in [2.24, 2.45) is 0 Å². The molecule has 0 bridgehead atoms. The SMILES string of the molecule is Clc1ccc(Nc2c(NC3CCCCC3)oc3ccc(Br)cc23)c(-c2nnco2)c1. The maximum absolute atomic E-state index is 6.24. The fourth-order valence-corrected chi connectivity index (χ4v) is 4.49. The smallest absolute Gasteiger partial charge is 0.249 e. The second kappa shape index (κ2) is 8.32. The van der Waals surface area contributed by atoms with Crippen LogP contribution in [0.3, 0.4) is 0 Å². The van der Waals surface area contributed by atoms with Crippen molar-refractivity contribution < 1.29 is 8.83 Å². The molecule has 4 aromatic rings. The Labute approximate surface area is 187 Å². The van der Waals surface area contributed by atoms with Crippen LogP contribution in [0.5, 0.6) is 0 Å². The van der Waals surface area contributed by atoms with E-state index in [1.54, 1.807) is 0 Å². The average Bonchev–Trinajstić information content (AvgIpc) is 3.39. The Balaban J connectivity index is 1.58. The first kappa shape index (κ1) is 19.5. The highest BCUT2D eigenvalue weighted by molar-refractivity contribution is 9.10. The van der Waals surface area contributed by atoms with Crippen molar-refractivity contribution in [2.45, 2.75) is 38.1 Å². The second-order valence-corrected chi connectivity index (χ2v) is 8.84. The zero-order chi connectivity index (χ0) is 20.5. The van der Waals surface area contributed by atoms with E-state index >= 15 is 0 Å². The summed E-state index contributed by atoms with van der Waals surface area (Å²) in [4.78, 5) is 0. The Bertz CT molecular complexity index is 1170. The Kier molecular flexibility index (Phi) is 5.39. The van der Waals surface area contributed by atoms with Gasteiger partial charge in [0.05, 0.1) is 11.3 Å². The van der Waals surface area contributed by atoms with Crippen LogP contribution in [0, 0.1) is 0 Å². The van der Waals surface area contributed by atoms with Gasteiger partial charge < -0.3 is 19.5 Å². The van der Waals surface area contributed by atoms with Crippen molar-refractivity contribution in [3.8, 4) is 11.5 Å². The van der Waals surface area contributed by atoms with Crippen molar-refractivity contribution in [1.29, 1.82) is 0 Å². The van der Waals surface area contributed by atoms with Gasteiger partial charge in [0.1, 0.15) is 11.3 Å². The van der Waals surface area contributed by atoms with Crippen LogP contribution < -0.4 is 10.6 Å². The number of fused-ring (bicyclic) bond motifs is 1. The summed E-state index contributed by atoms with van der Waals surface area (Å²) < 4.78 is 12.6. The number of rotatable bonds is 5. The highest BCUT2D eigenvalue weighted by Crippen LogP contribution is 2.41. The van der Waals surface area contributed by atoms with Gasteiger partial charge in [-0.3, -0.25) is 0 Å². The molecule has 2 N–H and O–H groups in total. The highest BCUT2D eigenvalue weighted by atomic mass is 79.9. The van der Waals surface area contributed by atoms with E-state index in [0.29, 0.717) is 17.0 Å². The molecule has 1 aliphatic rings. The van der Waals surface area contributed by atoms with Gasteiger partial charge in [-0.05, 0) is 49.2 Å². The van der Waals surface area contributed by atoms with Crippen LogP contribution >= 0.6 is 27.5 Å². The minimum absolute atomic E-state index is 0.399. The first-order valence-electron chi connectivity index (χ1n) is 9.99. The third-order valence-electron chi connectivity index (χ3n) is 5.42. The lowest BCUT2D eigenvalue weighted by atomic mass is 9.95. The summed E-state index contributed by atoms with van der Waals surface area (Å²) in [6.07, 6.45) is 7.38. The standard InChI is InChI=1S/C22H20BrClN4O2/c23-13-6-9-19-17(10-13)20(22(30-19)26-15-4-2-1-3-5-15)27-18-8-7-14(24)11-16(18)21-28-25-12-29-21/h6-12,15,26-27H,1-5H2. The molecule has 0 atom stereocenters. The number of anilines is 3. The van der Waals surface area contributed by atoms with Crippen LogP contribution in [-0.2, 0) is 0 Å². The molecule has 1 aliphatic carbocycles. The lowest BCUT2D eigenvalue weighted by molar-refractivity contribution is 0.453. The minimum atomic E-state index is 0.399. The van der Waals surface area contributed by atoms with Crippen molar-refractivity contribution in [2.75, 3.05) is 10.6 Å². The first-order chi connectivity index (χ1) is 14.7. The van der Waals surface area contributed by atoms with E-state index in [-0.39, 0.29) is 0 Å². The summed E-state index contributed by atoms with van der Waals surface area (Å²) in [6, 6.07) is 12.0. The van der Waals surface area contributed by atoms with E-state index in [9.17, 15) is 0 Å². The van der Waals surface area contributed by atoms with Gasteiger partial charge in [0, 0.05) is 20.9 Å². The number of benzene rings is 2. The van der Waals surface area contributed by atoms with Gasteiger partial charge in [-0.2, -0.15) is 0 Å². The van der Waals surface area contributed by atoms with Gasteiger partial charge in [-0.15, -0.1) is 10.2 Å². The predicted molar refractivity (Wildman–Crippen MR) is 122 cm³/mol. The van der Waals surface area contributed by atoms with Crippen LogP contribution in [0.1, 0.15) is 32.1 Å². The van der Waals surface area contributed by atoms with Crippen molar-refractivity contribution in [1.82, 2.24) is 10.2 Å². The molecule has 0 radical (unpaired) electrons. The molecule has 8 heteroatoms. The van der Waals surface area contributed by atoms with E-state index in [0.717, 1.165) is 51.1 Å². The molecule has 0 aliphatic heterocycles. The largest absolute Gasteiger partial charge is 0.438 e. The van der Waals surface area contributed by atoms with E-state index < -0.39 is 0 Å². The van der Waals surface area contributed by atoms with Gasteiger partial charge in [-0.1, -0.05) is 46.8 Å². The molecule has 1 saturated carbocycles. The van der Waals surface area contributed by atoms with E-state index in [1.807, 2.05) is 30.3 Å². The summed E-state index contributed by atoms with van der Waals surface area (Å²) >= 11 is 9.81. The molecule has 1 fully saturated rings. The number of nitrogens with zero attached hydrogens (tertiary/aromatic N) is 2. The molecule has 0 saturated heterocycles. The van der Waals surface area contributed by atoms with Gasteiger partial charge in [-0.25, -0.2) is 0 Å². The van der Waals surface area contributed by atoms with E-state index in [1.165, 1.54) is 25.7 Å². The Hall–Kier alpha value is -2.51. The van der Waals surface area contributed by atoms with Crippen molar-refractivity contribution >= 4 is 55.8 Å². The number of furan rings is 1. The van der Waals surface area contributed by atoms with Crippen LogP contribution in [-0.4, -0.2) is 16.2 Å². The maximum atomic E-state index is 6.24. The summed E-state index contributed by atoms with van der Waals surface area (Å²) in [5.74, 6) is 1.14. The molecule has 30 heavy (non-hydrogen) atoms. The van der Waals surface area contributed by atoms with Gasteiger partial charge in [0.25, 0.3) is 0 Å². The molecule has 0 unspecified atom stereocenters. The molecule has 6 nitrogen and oxygen atoms in total. The fourth-order valence-electron chi connectivity index (χ4n) is 3.96. The Morgan fingerprint density at radius 2 is 1.93 bits per heavy atom. The number of nitrogens with one attached hydrogen (secondary N) is 2. The summed E-state index contributed by atoms with van der Waals surface area (Å²) in [7, 11) is 0. The summed E-state index contributed by atoms with van der Waals surface area (Å²) in [5.41, 5.74) is 3.22. The average molecular weight is 488 g/mol. The third kappa shape index (κ3) is 3.91. The molecule has 2 aromatic heterocycles. The monoisotopic (exact) mass is 486 g/mol. The van der Waals surface area contributed by atoms with Crippen LogP contribution in [0.25, 0.3) is 22.4 Å². The van der Waals surface area contributed by atoms with Crippen molar-refractivity contribution in [3.05, 3.63) is 52.3 Å². The highest BCUT2D eigenvalue weighted by Gasteiger charge is 2.21. The second-order valence-electron chi connectivity index (χ2n) is 7.48. The number of aromatic nitrogens is 2. The fraction of sp³-hybridized carbons (Fsp3) is 0.273. The molecule has 2 aromatic carbocycles. The lowest BCUT2D eigenvalue weighted by Crippen LogP contribution is -2.22. The zero-order valence-corrected chi connectivity index (χ0v) is 18.5. The predicted octanol–water partition coefficient (Wildman–Crippen LogP) is 7.39. The third-order valence-corrected chi connectivity index (χ3v) is 6.15.